The van der Waals surface area contributed by atoms with Crippen LogP contribution in [0, 0.1) is 6.92 Å². The lowest BCUT2D eigenvalue weighted by Gasteiger charge is -2.01. The van der Waals surface area contributed by atoms with Gasteiger partial charge in [0.15, 0.2) is 5.78 Å². The van der Waals surface area contributed by atoms with Crippen molar-refractivity contribution in [1.82, 2.24) is 0 Å². The van der Waals surface area contributed by atoms with Crippen LogP contribution < -0.4 is 0 Å². The Labute approximate surface area is 104 Å². The normalized spacial score (nSPS) is 10.8. The van der Waals surface area contributed by atoms with Gasteiger partial charge in [-0.2, -0.15) is 0 Å². The Morgan fingerprint density at radius 1 is 1.18 bits per heavy atom. The van der Waals surface area contributed by atoms with E-state index in [1.54, 1.807) is 13.2 Å². The van der Waals surface area contributed by atoms with Gasteiger partial charge in [0.2, 0.25) is 0 Å². The summed E-state index contributed by atoms with van der Waals surface area (Å²) in [6.07, 6.45) is 10.4. The number of rotatable bonds is 8. The molecule has 0 aliphatic heterocycles. The lowest BCUT2D eigenvalue weighted by molar-refractivity contribution is 0.101. The van der Waals surface area contributed by atoms with E-state index in [4.69, 9.17) is 4.42 Å². The fraction of sp³-hybridized carbons (Fsp3) is 0.667. The maximum atomic E-state index is 11.5. The minimum Gasteiger partial charge on any atom is -0.469 e. The summed E-state index contributed by atoms with van der Waals surface area (Å²) in [4.78, 5) is 11.5. The standard InChI is InChI=1S/C15H24O2/c1-4-5-6-7-8-9-10-14-11-17-13(3)15(14)12(2)16/h11H,4-10H2,1-3H3. The van der Waals surface area contributed by atoms with Crippen LogP contribution in [0.4, 0.5) is 0 Å². The predicted octanol–water partition coefficient (Wildman–Crippen LogP) is 4.69. The number of hydrogen-bond donors (Lipinski definition) is 0. The molecule has 0 bridgehead atoms. The summed E-state index contributed by atoms with van der Waals surface area (Å²) in [5.74, 6) is 0.885. The van der Waals surface area contributed by atoms with Gasteiger partial charge in [-0.15, -0.1) is 0 Å². The number of carbonyl (C=O) groups excluding carboxylic acids is 1. The van der Waals surface area contributed by atoms with Gasteiger partial charge < -0.3 is 4.42 Å². The molecule has 1 aromatic heterocycles. The third-order valence-electron chi connectivity index (χ3n) is 3.20. The molecule has 0 radical (unpaired) electrons. The molecule has 0 N–H and O–H groups in total. The molecule has 2 nitrogen and oxygen atoms in total. The van der Waals surface area contributed by atoms with Crippen LogP contribution in [0.3, 0.4) is 0 Å². The Kier molecular flexibility index (Phi) is 6.03. The number of furan rings is 1. The number of aryl methyl sites for hydroxylation is 2. The van der Waals surface area contributed by atoms with Crippen molar-refractivity contribution < 1.29 is 9.21 Å². The molecular weight excluding hydrogens is 212 g/mol. The topological polar surface area (TPSA) is 30.2 Å². The molecule has 1 heterocycles. The Morgan fingerprint density at radius 3 is 2.47 bits per heavy atom. The van der Waals surface area contributed by atoms with Gasteiger partial charge in [-0.25, -0.2) is 0 Å². The Hall–Kier alpha value is -1.05. The van der Waals surface area contributed by atoms with Gasteiger partial charge in [-0.3, -0.25) is 4.79 Å². The van der Waals surface area contributed by atoms with Gasteiger partial charge in [0.25, 0.3) is 0 Å². The number of hydrogen-bond acceptors (Lipinski definition) is 2. The van der Waals surface area contributed by atoms with E-state index in [1.165, 1.54) is 32.1 Å². The second kappa shape index (κ2) is 7.31. The largest absolute Gasteiger partial charge is 0.469 e. The molecular formula is C15H24O2. The smallest absolute Gasteiger partial charge is 0.163 e. The van der Waals surface area contributed by atoms with Crippen molar-refractivity contribution in [2.75, 3.05) is 0 Å². The van der Waals surface area contributed by atoms with Crippen molar-refractivity contribution >= 4 is 5.78 Å². The van der Waals surface area contributed by atoms with E-state index in [0.29, 0.717) is 0 Å². The highest BCUT2D eigenvalue weighted by Crippen LogP contribution is 2.20. The first-order chi connectivity index (χ1) is 8.16. The third kappa shape index (κ3) is 4.37. The van der Waals surface area contributed by atoms with Crippen LogP contribution >= 0.6 is 0 Å². The lowest BCUT2D eigenvalue weighted by Crippen LogP contribution is -1.98. The van der Waals surface area contributed by atoms with Gasteiger partial charge in [0, 0.05) is 5.56 Å². The number of Topliss-reactive ketones (excluding diaryl/α,β-unsaturated/α-hetero) is 1. The molecule has 0 atom stereocenters. The molecule has 0 spiro atoms. The molecule has 96 valence electrons. The summed E-state index contributed by atoms with van der Waals surface area (Å²) >= 11 is 0. The van der Waals surface area contributed by atoms with Crippen molar-refractivity contribution in [2.24, 2.45) is 0 Å². The van der Waals surface area contributed by atoms with Crippen LogP contribution in [-0.2, 0) is 6.42 Å². The molecule has 2 heteroatoms. The highest BCUT2D eigenvalue weighted by atomic mass is 16.3. The van der Waals surface area contributed by atoms with E-state index < -0.39 is 0 Å². The van der Waals surface area contributed by atoms with Crippen molar-refractivity contribution in [3.63, 3.8) is 0 Å². The monoisotopic (exact) mass is 236 g/mol. The van der Waals surface area contributed by atoms with Gasteiger partial charge in [0.1, 0.15) is 5.76 Å². The minimum absolute atomic E-state index is 0.122. The molecule has 17 heavy (non-hydrogen) atoms. The van der Waals surface area contributed by atoms with E-state index in [0.717, 1.165) is 29.7 Å². The first-order valence-electron chi connectivity index (χ1n) is 6.74. The molecule has 0 fully saturated rings. The maximum absolute atomic E-state index is 11.5. The van der Waals surface area contributed by atoms with Crippen LogP contribution in [0.25, 0.3) is 0 Å². The zero-order valence-electron chi connectivity index (χ0n) is 11.3. The second-order valence-corrected chi connectivity index (χ2v) is 4.77. The first-order valence-corrected chi connectivity index (χ1v) is 6.74. The van der Waals surface area contributed by atoms with Crippen LogP contribution in [0.2, 0.25) is 0 Å². The Bertz CT molecular complexity index is 350. The highest BCUT2D eigenvalue weighted by molar-refractivity contribution is 5.96. The number of carbonyl (C=O) groups is 1. The average Bonchev–Trinajstić information content (AvgIpc) is 2.65. The summed E-state index contributed by atoms with van der Waals surface area (Å²) in [7, 11) is 0. The van der Waals surface area contributed by atoms with Gasteiger partial charge >= 0.3 is 0 Å². The molecule has 0 amide bonds. The lowest BCUT2D eigenvalue weighted by atomic mass is 10.0. The molecule has 1 rings (SSSR count). The predicted molar refractivity (Wildman–Crippen MR) is 70.5 cm³/mol. The zero-order chi connectivity index (χ0) is 12.7. The molecule has 0 unspecified atom stereocenters. The van der Waals surface area contributed by atoms with E-state index in [2.05, 4.69) is 6.92 Å². The first kappa shape index (κ1) is 14.0. The van der Waals surface area contributed by atoms with Gasteiger partial charge in [0.05, 0.1) is 11.8 Å². The van der Waals surface area contributed by atoms with E-state index in [9.17, 15) is 4.79 Å². The van der Waals surface area contributed by atoms with Crippen molar-refractivity contribution in [3.05, 3.63) is 23.2 Å². The summed E-state index contributed by atoms with van der Waals surface area (Å²) in [6.45, 7) is 5.71. The van der Waals surface area contributed by atoms with E-state index >= 15 is 0 Å². The summed E-state index contributed by atoms with van der Waals surface area (Å²) in [5, 5.41) is 0. The Balaban J connectivity index is 2.34. The molecule has 0 saturated carbocycles. The summed E-state index contributed by atoms with van der Waals surface area (Å²) in [5.41, 5.74) is 1.89. The maximum Gasteiger partial charge on any atom is 0.163 e. The highest BCUT2D eigenvalue weighted by Gasteiger charge is 2.13. The number of unbranched alkanes of at least 4 members (excludes halogenated alkanes) is 5. The van der Waals surface area contributed by atoms with Crippen LogP contribution in [0.5, 0.6) is 0 Å². The average molecular weight is 236 g/mol. The van der Waals surface area contributed by atoms with Crippen LogP contribution in [-0.4, -0.2) is 5.78 Å². The van der Waals surface area contributed by atoms with Gasteiger partial charge in [-0.1, -0.05) is 39.0 Å². The zero-order valence-corrected chi connectivity index (χ0v) is 11.3. The van der Waals surface area contributed by atoms with Crippen molar-refractivity contribution in [3.8, 4) is 0 Å². The van der Waals surface area contributed by atoms with Crippen molar-refractivity contribution in [2.45, 2.75) is 65.7 Å². The van der Waals surface area contributed by atoms with Crippen LogP contribution in [0.1, 0.15) is 74.1 Å². The fourth-order valence-corrected chi connectivity index (χ4v) is 2.26. The van der Waals surface area contributed by atoms with Crippen LogP contribution in [0.15, 0.2) is 10.7 Å². The summed E-state index contributed by atoms with van der Waals surface area (Å²) in [6, 6.07) is 0. The van der Waals surface area contributed by atoms with E-state index in [1.807, 2.05) is 6.92 Å². The molecule has 0 aliphatic rings. The van der Waals surface area contributed by atoms with E-state index in [-0.39, 0.29) is 5.78 Å². The quantitative estimate of drug-likeness (QED) is 0.484. The molecule has 0 aliphatic carbocycles. The second-order valence-electron chi connectivity index (χ2n) is 4.77. The van der Waals surface area contributed by atoms with Gasteiger partial charge in [-0.05, 0) is 26.7 Å². The molecule has 0 aromatic carbocycles. The fourth-order valence-electron chi connectivity index (χ4n) is 2.26. The molecule has 1 aromatic rings. The molecule has 0 saturated heterocycles. The number of ketones is 1. The SMILES string of the molecule is CCCCCCCCc1coc(C)c1C(C)=O. The van der Waals surface area contributed by atoms with Crippen molar-refractivity contribution in [1.29, 1.82) is 0 Å². The summed E-state index contributed by atoms with van der Waals surface area (Å²) < 4.78 is 5.33. The third-order valence-corrected chi connectivity index (χ3v) is 3.20. The Morgan fingerprint density at radius 2 is 1.82 bits per heavy atom. The minimum atomic E-state index is 0.122.